The van der Waals surface area contributed by atoms with E-state index in [4.69, 9.17) is 9.72 Å². The molecule has 0 spiro atoms. The van der Waals surface area contributed by atoms with E-state index in [2.05, 4.69) is 78.0 Å². The van der Waals surface area contributed by atoms with Gasteiger partial charge in [0.1, 0.15) is 5.82 Å². The summed E-state index contributed by atoms with van der Waals surface area (Å²) in [6.45, 7) is 4.38. The van der Waals surface area contributed by atoms with Gasteiger partial charge in [-0.05, 0) is 53.1 Å². The molecule has 184 valence electrons. The molecule has 0 saturated carbocycles. The van der Waals surface area contributed by atoms with Crippen LogP contribution < -0.4 is 4.74 Å². The fourth-order valence-electron chi connectivity index (χ4n) is 4.75. The van der Waals surface area contributed by atoms with Crippen molar-refractivity contribution in [2.45, 2.75) is 26.7 Å². The van der Waals surface area contributed by atoms with Gasteiger partial charge >= 0.3 is 21.1 Å². The fraction of sp³-hybridized carbons (Fsp3) is 0.125. The van der Waals surface area contributed by atoms with Crippen LogP contribution in [-0.2, 0) is 33.9 Å². The Morgan fingerprint density at radius 1 is 0.757 bits per heavy atom. The zero-order valence-corrected chi connectivity index (χ0v) is 22.9. The SMILES string of the molecule is CCc1cnc(-n2c3[c-]c(-c4[c-]c(Oc5ccccn5)ccc4)ccc3c3ccccc32)cc1CC.[Pt+2]. The summed E-state index contributed by atoms with van der Waals surface area (Å²) in [5.74, 6) is 2.07. The second-order valence-corrected chi connectivity index (χ2v) is 8.70. The van der Waals surface area contributed by atoms with Crippen LogP contribution >= 0.6 is 0 Å². The molecule has 0 bridgehead atoms. The number of pyridine rings is 2. The average molecular weight is 663 g/mol. The number of aromatic nitrogens is 3. The number of ether oxygens (including phenoxy) is 1. The smallest absolute Gasteiger partial charge is 0.460 e. The van der Waals surface area contributed by atoms with E-state index in [9.17, 15) is 0 Å². The monoisotopic (exact) mass is 662 g/mol. The van der Waals surface area contributed by atoms with Crippen molar-refractivity contribution < 1.29 is 25.8 Å². The van der Waals surface area contributed by atoms with Crippen molar-refractivity contribution in [1.82, 2.24) is 14.5 Å². The predicted octanol–water partition coefficient (Wildman–Crippen LogP) is 7.76. The molecule has 0 aliphatic rings. The summed E-state index contributed by atoms with van der Waals surface area (Å²) in [5, 5.41) is 2.33. The summed E-state index contributed by atoms with van der Waals surface area (Å²) in [5.41, 5.74) is 6.60. The zero-order chi connectivity index (χ0) is 24.5. The molecule has 3 aromatic carbocycles. The third kappa shape index (κ3) is 4.70. The molecule has 0 fully saturated rings. The van der Waals surface area contributed by atoms with Crippen LogP contribution in [0, 0.1) is 12.1 Å². The molecule has 0 radical (unpaired) electrons. The summed E-state index contributed by atoms with van der Waals surface area (Å²) in [6, 6.07) is 33.5. The van der Waals surface area contributed by atoms with Crippen molar-refractivity contribution >= 4 is 21.8 Å². The van der Waals surface area contributed by atoms with Gasteiger partial charge < -0.3 is 9.30 Å². The Bertz CT molecular complexity index is 1690. The van der Waals surface area contributed by atoms with Gasteiger partial charge in [-0.3, -0.25) is 0 Å². The van der Waals surface area contributed by atoms with Gasteiger partial charge in [0, 0.05) is 29.7 Å². The van der Waals surface area contributed by atoms with E-state index >= 15 is 0 Å². The van der Waals surface area contributed by atoms with Gasteiger partial charge in [0.15, 0.2) is 0 Å². The number of hydrogen-bond donors (Lipinski definition) is 0. The summed E-state index contributed by atoms with van der Waals surface area (Å²) >= 11 is 0. The molecular formula is C32H25N3OPt. The molecule has 0 saturated heterocycles. The van der Waals surface area contributed by atoms with Crippen molar-refractivity contribution in [3.8, 4) is 28.6 Å². The predicted molar refractivity (Wildman–Crippen MR) is 145 cm³/mol. The summed E-state index contributed by atoms with van der Waals surface area (Å²) in [7, 11) is 0. The normalized spacial score (nSPS) is 11.0. The maximum absolute atomic E-state index is 5.92. The second kappa shape index (κ2) is 10.7. The summed E-state index contributed by atoms with van der Waals surface area (Å²) in [4.78, 5) is 9.13. The molecule has 0 aliphatic heterocycles. The van der Waals surface area contributed by atoms with Crippen LogP contribution in [0.1, 0.15) is 25.0 Å². The first kappa shape index (κ1) is 24.9. The van der Waals surface area contributed by atoms with Gasteiger partial charge in [0.25, 0.3) is 0 Å². The number of nitrogens with zero attached hydrogens (tertiary/aromatic N) is 3. The van der Waals surface area contributed by atoms with Gasteiger partial charge in [-0.15, -0.1) is 18.2 Å². The average Bonchev–Trinajstić information content (AvgIpc) is 3.27. The van der Waals surface area contributed by atoms with Crippen LogP contribution in [0.25, 0.3) is 38.8 Å². The van der Waals surface area contributed by atoms with Gasteiger partial charge in [0.05, 0.1) is 0 Å². The zero-order valence-electron chi connectivity index (χ0n) is 20.6. The van der Waals surface area contributed by atoms with Crippen LogP contribution in [0.5, 0.6) is 11.6 Å². The Kier molecular flexibility index (Phi) is 7.21. The van der Waals surface area contributed by atoms with E-state index in [-0.39, 0.29) is 21.1 Å². The number of rotatable bonds is 6. The Balaban J connectivity index is 0.00000280. The van der Waals surface area contributed by atoms with Gasteiger partial charge in [-0.1, -0.05) is 43.5 Å². The van der Waals surface area contributed by atoms with Crippen LogP contribution in [0.3, 0.4) is 0 Å². The van der Waals surface area contributed by atoms with Crippen LogP contribution in [0.2, 0.25) is 0 Å². The third-order valence-electron chi connectivity index (χ3n) is 6.55. The van der Waals surface area contributed by atoms with E-state index in [1.807, 2.05) is 42.6 Å². The Morgan fingerprint density at radius 3 is 2.38 bits per heavy atom. The molecule has 0 amide bonds. The topological polar surface area (TPSA) is 39.9 Å². The van der Waals surface area contributed by atoms with Crippen LogP contribution in [0.4, 0.5) is 0 Å². The first-order valence-corrected chi connectivity index (χ1v) is 12.3. The maximum atomic E-state index is 5.92. The standard InChI is InChI=1S/C32H25N3O.Pt/c1-3-22-20-31(34-21-23(22)4-2)35-29-13-6-5-12-27(29)28-16-15-25(19-30(28)35)24-10-9-11-26(18-24)36-32-14-7-8-17-33-32;/h5-17,20-21H,3-4H2,1-2H3;/q-2;+2. The molecule has 6 aromatic rings. The minimum absolute atomic E-state index is 0. The van der Waals surface area contributed by atoms with Gasteiger partial charge in [-0.25, -0.2) is 21.1 Å². The van der Waals surface area contributed by atoms with Crippen LogP contribution in [0.15, 0.2) is 91.3 Å². The van der Waals surface area contributed by atoms with Crippen molar-refractivity contribution in [2.75, 3.05) is 0 Å². The molecule has 6 rings (SSSR count). The molecule has 0 N–H and O–H groups in total. The van der Waals surface area contributed by atoms with Crippen molar-refractivity contribution in [3.05, 3.63) is 115 Å². The number of para-hydroxylation sites is 1. The molecule has 37 heavy (non-hydrogen) atoms. The first-order valence-electron chi connectivity index (χ1n) is 12.3. The molecular weight excluding hydrogens is 637 g/mol. The summed E-state index contributed by atoms with van der Waals surface area (Å²) < 4.78 is 8.14. The number of benzene rings is 3. The molecule has 3 aromatic heterocycles. The number of hydrogen-bond acceptors (Lipinski definition) is 3. The molecule has 0 aliphatic carbocycles. The van der Waals surface area contributed by atoms with Gasteiger partial charge in [-0.2, -0.15) is 24.3 Å². The summed E-state index contributed by atoms with van der Waals surface area (Å²) in [6.07, 6.45) is 5.69. The third-order valence-corrected chi connectivity index (χ3v) is 6.55. The first-order chi connectivity index (χ1) is 17.7. The van der Waals surface area contributed by atoms with E-state index in [0.29, 0.717) is 11.6 Å². The number of aryl methyl sites for hydroxylation is 2. The Hall–Kier alpha value is -3.75. The molecule has 5 heteroatoms. The Morgan fingerprint density at radius 2 is 1.57 bits per heavy atom. The molecule has 0 atom stereocenters. The van der Waals surface area contributed by atoms with Crippen molar-refractivity contribution in [2.24, 2.45) is 0 Å². The number of fused-ring (bicyclic) bond motifs is 3. The Labute approximate surface area is 231 Å². The fourth-order valence-corrected chi connectivity index (χ4v) is 4.75. The largest absolute Gasteiger partial charge is 2.00 e. The van der Waals surface area contributed by atoms with Crippen molar-refractivity contribution in [3.63, 3.8) is 0 Å². The van der Waals surface area contributed by atoms with Gasteiger partial charge in [0.2, 0.25) is 5.88 Å². The maximum Gasteiger partial charge on any atom is 2.00 e. The quantitative estimate of drug-likeness (QED) is 0.171. The van der Waals surface area contributed by atoms with E-state index in [0.717, 1.165) is 46.2 Å². The molecule has 4 nitrogen and oxygen atoms in total. The van der Waals surface area contributed by atoms with E-state index < -0.39 is 0 Å². The van der Waals surface area contributed by atoms with E-state index in [1.54, 1.807) is 6.20 Å². The minimum atomic E-state index is 0. The molecule has 0 unspecified atom stereocenters. The van der Waals surface area contributed by atoms with Crippen molar-refractivity contribution in [1.29, 1.82) is 0 Å². The van der Waals surface area contributed by atoms with Crippen LogP contribution in [-0.4, -0.2) is 14.5 Å². The second-order valence-electron chi connectivity index (χ2n) is 8.70. The molecule has 3 heterocycles. The minimum Gasteiger partial charge on any atom is -0.460 e. The van der Waals surface area contributed by atoms with E-state index in [1.165, 1.54) is 16.5 Å².